The molecule has 0 unspecified atom stereocenters. The maximum absolute atomic E-state index is 12.8. The molecule has 1 fully saturated rings. The number of ether oxygens (including phenoxy) is 2. The van der Waals surface area contributed by atoms with E-state index in [4.69, 9.17) is 9.47 Å². The fraction of sp³-hybridized carbons (Fsp3) is 0.167. The Morgan fingerprint density at radius 3 is 2.29 bits per heavy atom. The summed E-state index contributed by atoms with van der Waals surface area (Å²) >= 11 is 0. The predicted molar refractivity (Wildman–Crippen MR) is 117 cm³/mol. The van der Waals surface area contributed by atoms with Crippen molar-refractivity contribution in [1.29, 1.82) is 0 Å². The molecule has 1 aliphatic rings. The fourth-order valence-electron chi connectivity index (χ4n) is 3.34. The Labute approximate surface area is 179 Å². The van der Waals surface area contributed by atoms with E-state index in [0.29, 0.717) is 30.3 Å². The first-order valence-electron chi connectivity index (χ1n) is 9.94. The predicted octanol–water partition coefficient (Wildman–Crippen LogP) is 4.27. The molecule has 3 aromatic rings. The lowest BCUT2D eigenvalue weighted by Crippen LogP contribution is -2.36. The molecule has 0 aliphatic carbocycles. The van der Waals surface area contributed by atoms with E-state index in [9.17, 15) is 14.7 Å². The minimum absolute atomic E-state index is 0.0151. The van der Waals surface area contributed by atoms with E-state index in [1.807, 2.05) is 30.3 Å². The van der Waals surface area contributed by atoms with Gasteiger partial charge in [0.15, 0.2) is 0 Å². The summed E-state index contributed by atoms with van der Waals surface area (Å²) < 4.78 is 11.1. The molecule has 2 N–H and O–H groups in total. The molecule has 1 amide bonds. The number of carboxylic acids is 1. The second-order valence-corrected chi connectivity index (χ2v) is 7.03. The molecule has 4 rings (SSSR count). The van der Waals surface area contributed by atoms with Crippen molar-refractivity contribution in [3.05, 3.63) is 83.9 Å². The van der Waals surface area contributed by atoms with E-state index in [0.717, 1.165) is 18.8 Å². The summed E-state index contributed by atoms with van der Waals surface area (Å²) in [6.45, 7) is 2.98. The maximum atomic E-state index is 12.8. The van der Waals surface area contributed by atoms with E-state index in [2.05, 4.69) is 10.2 Å². The van der Waals surface area contributed by atoms with Crippen LogP contribution in [-0.4, -0.2) is 43.3 Å². The molecule has 1 aliphatic heterocycles. The Balaban J connectivity index is 1.52. The third-order valence-corrected chi connectivity index (χ3v) is 4.95. The Kier molecular flexibility index (Phi) is 6.14. The third kappa shape index (κ3) is 5.02. The highest BCUT2D eigenvalue weighted by molar-refractivity contribution is 6.08. The zero-order valence-electron chi connectivity index (χ0n) is 16.8. The average Bonchev–Trinajstić information content (AvgIpc) is 2.80. The van der Waals surface area contributed by atoms with E-state index >= 15 is 0 Å². The summed E-state index contributed by atoms with van der Waals surface area (Å²) in [5, 5.41) is 12.2. The number of amides is 1. The minimum Gasteiger partial charge on any atom is -0.478 e. The van der Waals surface area contributed by atoms with Gasteiger partial charge in [0.1, 0.15) is 11.5 Å². The summed E-state index contributed by atoms with van der Waals surface area (Å²) in [5.41, 5.74) is 1.61. The van der Waals surface area contributed by atoms with Crippen LogP contribution in [0.1, 0.15) is 20.7 Å². The lowest BCUT2D eigenvalue weighted by atomic mass is 10.1. The van der Waals surface area contributed by atoms with Crippen molar-refractivity contribution in [2.24, 2.45) is 0 Å². The van der Waals surface area contributed by atoms with Gasteiger partial charge in [-0.15, -0.1) is 0 Å². The highest BCUT2D eigenvalue weighted by Crippen LogP contribution is 2.28. The number of nitrogens with one attached hydrogen (secondary N) is 1. The monoisotopic (exact) mass is 418 g/mol. The molecule has 0 aromatic heterocycles. The number of rotatable bonds is 6. The molecule has 158 valence electrons. The van der Waals surface area contributed by atoms with Crippen molar-refractivity contribution in [3.8, 4) is 11.5 Å². The van der Waals surface area contributed by atoms with E-state index in [1.54, 1.807) is 30.3 Å². The maximum Gasteiger partial charge on any atom is 0.337 e. The molecule has 31 heavy (non-hydrogen) atoms. The number of morpholine rings is 1. The van der Waals surface area contributed by atoms with Crippen molar-refractivity contribution in [2.45, 2.75) is 0 Å². The summed E-state index contributed by atoms with van der Waals surface area (Å²) in [4.78, 5) is 26.6. The first-order valence-corrected chi connectivity index (χ1v) is 9.94. The van der Waals surface area contributed by atoms with Crippen LogP contribution in [0.4, 0.5) is 11.4 Å². The number of aromatic carboxylic acids is 1. The number of carbonyl (C=O) groups is 2. The number of carboxylic acid groups (broad SMARTS) is 1. The van der Waals surface area contributed by atoms with Crippen LogP contribution in [0, 0.1) is 0 Å². The van der Waals surface area contributed by atoms with Crippen LogP contribution >= 0.6 is 0 Å². The molecule has 0 atom stereocenters. The first-order chi connectivity index (χ1) is 15.1. The second-order valence-electron chi connectivity index (χ2n) is 7.03. The van der Waals surface area contributed by atoms with Gasteiger partial charge < -0.3 is 24.8 Å². The van der Waals surface area contributed by atoms with Gasteiger partial charge in [-0.25, -0.2) is 4.79 Å². The molecule has 7 heteroatoms. The van der Waals surface area contributed by atoms with E-state index in [1.165, 1.54) is 12.1 Å². The van der Waals surface area contributed by atoms with E-state index < -0.39 is 11.9 Å². The van der Waals surface area contributed by atoms with Crippen LogP contribution < -0.4 is 15.0 Å². The number of anilines is 2. The van der Waals surface area contributed by atoms with Crippen LogP contribution in [0.15, 0.2) is 72.8 Å². The summed E-state index contributed by atoms with van der Waals surface area (Å²) in [5.74, 6) is -0.493. The van der Waals surface area contributed by atoms with Crippen LogP contribution in [-0.2, 0) is 4.74 Å². The fourth-order valence-corrected chi connectivity index (χ4v) is 3.34. The Hall–Kier alpha value is -3.84. The summed E-state index contributed by atoms with van der Waals surface area (Å²) in [6.07, 6.45) is 0. The molecule has 0 spiro atoms. The number of carbonyl (C=O) groups excluding carboxylic acids is 1. The molecule has 0 bridgehead atoms. The standard InChI is InChI=1S/C24H22N2O5/c27-23(17-6-8-18(9-7-17)26-12-14-30-15-13-26)25-22-16-20(10-11-21(22)24(28)29)31-19-4-2-1-3-5-19/h1-11,16H,12-15H2,(H,25,27)(H,28,29). The average molecular weight is 418 g/mol. The van der Waals surface area contributed by atoms with Gasteiger partial charge >= 0.3 is 5.97 Å². The second kappa shape index (κ2) is 9.32. The molecular weight excluding hydrogens is 396 g/mol. The van der Waals surface area contributed by atoms with Crippen molar-refractivity contribution < 1.29 is 24.2 Å². The summed E-state index contributed by atoms with van der Waals surface area (Å²) in [6, 6.07) is 20.8. The molecular formula is C24H22N2O5. The Morgan fingerprint density at radius 2 is 1.61 bits per heavy atom. The summed E-state index contributed by atoms with van der Waals surface area (Å²) in [7, 11) is 0. The van der Waals surface area contributed by atoms with Gasteiger partial charge in [-0.05, 0) is 48.5 Å². The quantitative estimate of drug-likeness (QED) is 0.622. The number of hydrogen-bond acceptors (Lipinski definition) is 5. The zero-order chi connectivity index (χ0) is 21.6. The van der Waals surface area contributed by atoms with Crippen LogP contribution in [0.25, 0.3) is 0 Å². The van der Waals surface area contributed by atoms with Crippen molar-refractivity contribution in [1.82, 2.24) is 0 Å². The van der Waals surface area contributed by atoms with Gasteiger partial charge in [-0.1, -0.05) is 18.2 Å². The van der Waals surface area contributed by atoms with Crippen molar-refractivity contribution >= 4 is 23.3 Å². The topological polar surface area (TPSA) is 88.1 Å². The van der Waals surface area contributed by atoms with Crippen LogP contribution in [0.5, 0.6) is 11.5 Å². The largest absolute Gasteiger partial charge is 0.478 e. The highest BCUT2D eigenvalue weighted by Gasteiger charge is 2.16. The molecule has 1 saturated heterocycles. The molecule has 1 heterocycles. The number of para-hydroxylation sites is 1. The third-order valence-electron chi connectivity index (χ3n) is 4.95. The van der Waals surface area contributed by atoms with Gasteiger partial charge in [-0.2, -0.15) is 0 Å². The molecule has 0 saturated carbocycles. The van der Waals surface area contributed by atoms with Crippen LogP contribution in [0.2, 0.25) is 0 Å². The number of hydrogen-bond donors (Lipinski definition) is 2. The van der Waals surface area contributed by atoms with E-state index in [-0.39, 0.29) is 11.3 Å². The minimum atomic E-state index is -1.13. The lowest BCUT2D eigenvalue weighted by molar-refractivity contribution is 0.0698. The van der Waals surface area contributed by atoms with Gasteiger partial charge in [0.05, 0.1) is 24.5 Å². The van der Waals surface area contributed by atoms with Crippen molar-refractivity contribution in [2.75, 3.05) is 36.5 Å². The molecule has 0 radical (unpaired) electrons. The zero-order valence-corrected chi connectivity index (χ0v) is 16.8. The highest BCUT2D eigenvalue weighted by atomic mass is 16.5. The number of benzene rings is 3. The Morgan fingerprint density at radius 1 is 0.903 bits per heavy atom. The number of nitrogens with zero attached hydrogens (tertiary/aromatic N) is 1. The Bertz CT molecular complexity index is 1060. The van der Waals surface area contributed by atoms with Crippen molar-refractivity contribution in [3.63, 3.8) is 0 Å². The normalized spacial score (nSPS) is 13.5. The smallest absolute Gasteiger partial charge is 0.337 e. The lowest BCUT2D eigenvalue weighted by Gasteiger charge is -2.28. The molecule has 3 aromatic carbocycles. The molecule has 7 nitrogen and oxygen atoms in total. The first kappa shape index (κ1) is 20.4. The SMILES string of the molecule is O=C(Nc1cc(Oc2ccccc2)ccc1C(=O)O)c1ccc(N2CCOCC2)cc1. The van der Waals surface area contributed by atoms with Gasteiger partial charge in [0.2, 0.25) is 0 Å². The van der Waals surface area contributed by atoms with Gasteiger partial charge in [0, 0.05) is 30.4 Å². The van der Waals surface area contributed by atoms with Crippen LogP contribution in [0.3, 0.4) is 0 Å². The van der Waals surface area contributed by atoms with Gasteiger partial charge in [-0.3, -0.25) is 4.79 Å². The van der Waals surface area contributed by atoms with Gasteiger partial charge in [0.25, 0.3) is 5.91 Å².